The number of nitrogens with zero attached hydrogens (tertiary/aromatic N) is 2. The zero-order valence-corrected chi connectivity index (χ0v) is 28.9. The maximum absolute atomic E-state index is 14.4. The molecule has 1 aliphatic heterocycles. The molecule has 3 aromatic rings. The van der Waals surface area contributed by atoms with Crippen LogP contribution in [-0.2, 0) is 24.6 Å². The Morgan fingerprint density at radius 2 is 1.47 bits per heavy atom. The van der Waals surface area contributed by atoms with Crippen molar-refractivity contribution < 1.29 is 23.9 Å². The van der Waals surface area contributed by atoms with Crippen molar-refractivity contribution in [2.45, 2.75) is 39.0 Å². The van der Waals surface area contributed by atoms with Crippen LogP contribution in [0, 0.1) is 6.92 Å². The van der Waals surface area contributed by atoms with Crippen LogP contribution in [0.3, 0.4) is 0 Å². The third-order valence-corrected chi connectivity index (χ3v) is 7.03. The van der Waals surface area contributed by atoms with Crippen LogP contribution in [-0.4, -0.2) is 109 Å². The number of carbonyl (C=O) groups excluding carboxylic acids is 3. The van der Waals surface area contributed by atoms with E-state index in [1.165, 1.54) is 4.90 Å². The van der Waals surface area contributed by atoms with Gasteiger partial charge in [-0.25, -0.2) is 4.79 Å². The van der Waals surface area contributed by atoms with Crippen LogP contribution in [0.4, 0.5) is 27.5 Å². The van der Waals surface area contributed by atoms with Gasteiger partial charge in [-0.15, -0.1) is 0 Å². The number of benzene rings is 3. The van der Waals surface area contributed by atoms with Crippen LogP contribution < -0.4 is 25.8 Å². The summed E-state index contributed by atoms with van der Waals surface area (Å²) in [6.07, 6.45) is -1.01. The van der Waals surface area contributed by atoms with E-state index in [0.717, 1.165) is 11.3 Å². The van der Waals surface area contributed by atoms with Gasteiger partial charge in [0, 0.05) is 101 Å². The number of amides is 4. The molecule has 0 fully saturated rings. The van der Waals surface area contributed by atoms with E-state index in [1.807, 2.05) is 70.1 Å². The third kappa shape index (κ3) is 8.45. The number of nitrogens with one attached hydrogen (secondary N) is 3. The van der Waals surface area contributed by atoms with E-state index < -0.39 is 29.7 Å². The van der Waals surface area contributed by atoms with Gasteiger partial charge in [0.25, 0.3) is 5.91 Å². The summed E-state index contributed by atoms with van der Waals surface area (Å²) in [4.78, 5) is 44.8. The molecular weight excluding hydrogens is 573 g/mol. The molecule has 3 N–H and O–H groups in total. The predicted molar refractivity (Wildman–Crippen MR) is 171 cm³/mol. The quantitative estimate of drug-likeness (QED) is 0.206. The standard InChI is InChI=1S/C32H39N5O5.K/c1-6-41-29(42-7-2)21-37-27-11-9-8-10-26(27)32(30(37)39,35-31(40)34-24-14-12-22(3)13-15-24)20-28(38)33-23-16-18-25(19-17-23)36(4)5;/h8-19,29H,6-7,20-21H2,1-5H3,(H,33,38)(H2,34,35,40);. The number of anilines is 4. The molecule has 1 radical (unpaired) electrons. The fourth-order valence-electron chi connectivity index (χ4n) is 5.00. The van der Waals surface area contributed by atoms with Crippen LogP contribution in [0.1, 0.15) is 31.4 Å². The number of para-hydroxylation sites is 1. The number of hydrogen-bond acceptors (Lipinski definition) is 6. The third-order valence-electron chi connectivity index (χ3n) is 7.03. The first-order valence-electron chi connectivity index (χ1n) is 14.0. The second-order valence-corrected chi connectivity index (χ2v) is 10.3. The molecule has 3 aromatic carbocycles. The Morgan fingerprint density at radius 1 is 0.884 bits per heavy atom. The molecule has 0 spiro atoms. The molecule has 10 nitrogen and oxygen atoms in total. The molecule has 4 rings (SSSR count). The van der Waals surface area contributed by atoms with Gasteiger partial charge in [-0.3, -0.25) is 9.59 Å². The van der Waals surface area contributed by atoms with E-state index in [9.17, 15) is 14.4 Å². The maximum atomic E-state index is 14.4. The van der Waals surface area contributed by atoms with E-state index in [2.05, 4.69) is 16.0 Å². The second kappa shape index (κ2) is 15.8. The zero-order valence-electron chi connectivity index (χ0n) is 25.8. The first kappa shape index (κ1) is 34.7. The summed E-state index contributed by atoms with van der Waals surface area (Å²) in [5.74, 6) is -0.885. The summed E-state index contributed by atoms with van der Waals surface area (Å²) >= 11 is 0. The summed E-state index contributed by atoms with van der Waals surface area (Å²) in [6.45, 7) is 6.53. The Bertz CT molecular complexity index is 1390. The summed E-state index contributed by atoms with van der Waals surface area (Å²) in [5, 5.41) is 8.57. The molecule has 0 saturated carbocycles. The Labute approximate surface area is 295 Å². The fraction of sp³-hybridized carbons (Fsp3) is 0.344. The van der Waals surface area contributed by atoms with Gasteiger partial charge in [-0.05, 0) is 63.2 Å². The molecule has 11 heteroatoms. The van der Waals surface area contributed by atoms with Crippen molar-refractivity contribution in [3.05, 3.63) is 83.9 Å². The normalized spacial score (nSPS) is 15.5. The van der Waals surface area contributed by atoms with Crippen LogP contribution >= 0.6 is 0 Å². The molecule has 4 amide bonds. The van der Waals surface area contributed by atoms with Crippen molar-refractivity contribution >= 4 is 92.0 Å². The average Bonchev–Trinajstić information content (AvgIpc) is 3.17. The molecule has 1 atom stereocenters. The molecule has 1 unspecified atom stereocenters. The second-order valence-electron chi connectivity index (χ2n) is 10.3. The minimum atomic E-state index is -1.68. The minimum Gasteiger partial charge on any atom is -0.378 e. The SMILES string of the molecule is CCOC(CN1C(=O)C(CC(=O)Nc2ccc(N(C)C)cc2)(NC(=O)Nc2ccc(C)cc2)c2ccccc21)OCC.[K]. The number of aryl methyl sites for hydroxylation is 1. The molecule has 0 bridgehead atoms. The number of urea groups is 1. The molecule has 223 valence electrons. The number of fused-ring (bicyclic) bond motifs is 1. The molecule has 0 aliphatic carbocycles. The van der Waals surface area contributed by atoms with E-state index in [0.29, 0.717) is 35.8 Å². The van der Waals surface area contributed by atoms with Gasteiger partial charge in [0.15, 0.2) is 11.8 Å². The van der Waals surface area contributed by atoms with E-state index in [4.69, 9.17) is 9.47 Å². The van der Waals surface area contributed by atoms with Crippen molar-refractivity contribution in [2.75, 3.05) is 54.3 Å². The van der Waals surface area contributed by atoms with E-state index >= 15 is 0 Å². The van der Waals surface area contributed by atoms with Crippen molar-refractivity contribution in [3.8, 4) is 0 Å². The zero-order chi connectivity index (χ0) is 30.3. The average molecular weight is 613 g/mol. The summed E-state index contributed by atoms with van der Waals surface area (Å²) in [5.41, 5.74) is 2.57. The van der Waals surface area contributed by atoms with Gasteiger partial charge in [0.05, 0.1) is 18.7 Å². The van der Waals surface area contributed by atoms with Crippen molar-refractivity contribution in [2.24, 2.45) is 0 Å². The number of hydrogen-bond donors (Lipinski definition) is 3. The van der Waals surface area contributed by atoms with Crippen LogP contribution in [0.25, 0.3) is 0 Å². The topological polar surface area (TPSA) is 112 Å². The van der Waals surface area contributed by atoms with Gasteiger partial charge in [0.1, 0.15) is 0 Å². The Hall–Kier alpha value is -2.77. The Balaban J connectivity index is 0.00000506. The first-order chi connectivity index (χ1) is 20.2. The van der Waals surface area contributed by atoms with Gasteiger partial charge in [-0.1, -0.05) is 35.9 Å². The largest absolute Gasteiger partial charge is 0.378 e. The van der Waals surface area contributed by atoms with Gasteiger partial charge >= 0.3 is 6.03 Å². The van der Waals surface area contributed by atoms with Crippen LogP contribution in [0.5, 0.6) is 0 Å². The maximum Gasteiger partial charge on any atom is 0.320 e. The van der Waals surface area contributed by atoms with Crippen molar-refractivity contribution in [1.82, 2.24) is 5.32 Å². The van der Waals surface area contributed by atoms with Crippen molar-refractivity contribution in [1.29, 1.82) is 0 Å². The smallest absolute Gasteiger partial charge is 0.320 e. The number of carbonyl (C=O) groups is 3. The van der Waals surface area contributed by atoms with E-state index in [1.54, 1.807) is 42.5 Å². The Kier molecular flexibility index (Phi) is 12.8. The number of ether oxygens (including phenoxy) is 2. The van der Waals surface area contributed by atoms with Crippen molar-refractivity contribution in [3.63, 3.8) is 0 Å². The first-order valence-corrected chi connectivity index (χ1v) is 14.0. The summed E-state index contributed by atoms with van der Waals surface area (Å²) in [7, 11) is 3.86. The monoisotopic (exact) mass is 612 g/mol. The fourth-order valence-corrected chi connectivity index (χ4v) is 5.00. The van der Waals surface area contributed by atoms with Crippen LogP contribution in [0.2, 0.25) is 0 Å². The van der Waals surface area contributed by atoms with E-state index in [-0.39, 0.29) is 64.4 Å². The molecule has 1 aliphatic rings. The number of rotatable bonds is 12. The van der Waals surface area contributed by atoms with Gasteiger partial charge in [0.2, 0.25) is 5.91 Å². The summed E-state index contributed by atoms with van der Waals surface area (Å²) in [6, 6.07) is 21.2. The predicted octanol–water partition coefficient (Wildman–Crippen LogP) is 4.47. The molecule has 1 heterocycles. The van der Waals surface area contributed by atoms with Gasteiger partial charge in [-0.2, -0.15) is 0 Å². The summed E-state index contributed by atoms with van der Waals surface area (Å²) < 4.78 is 11.5. The molecule has 0 aromatic heterocycles. The van der Waals surface area contributed by atoms with Crippen LogP contribution in [0.15, 0.2) is 72.8 Å². The van der Waals surface area contributed by atoms with Gasteiger partial charge < -0.3 is 35.2 Å². The molecular formula is C32H39KN5O5. The molecule has 0 saturated heterocycles. The minimum absolute atomic E-state index is 0. The Morgan fingerprint density at radius 3 is 2.07 bits per heavy atom. The molecule has 43 heavy (non-hydrogen) atoms.